The van der Waals surface area contributed by atoms with Crippen molar-refractivity contribution in [1.29, 1.82) is 0 Å². The van der Waals surface area contributed by atoms with Gasteiger partial charge in [-0.1, -0.05) is 0 Å². The Labute approximate surface area is 147 Å². The average Bonchev–Trinajstić information content (AvgIpc) is 3.20. The average molecular weight is 354 g/mol. The van der Waals surface area contributed by atoms with E-state index in [1.165, 1.54) is 4.68 Å². The Hall–Kier alpha value is -3.62. The maximum Gasteiger partial charge on any atom is 0.325 e. The Morgan fingerprint density at radius 3 is 2.92 bits per heavy atom. The summed E-state index contributed by atoms with van der Waals surface area (Å²) in [5, 5.41) is 16.1. The first-order valence-corrected chi connectivity index (χ1v) is 7.80. The maximum atomic E-state index is 11.4. The van der Waals surface area contributed by atoms with Crippen molar-refractivity contribution in [2.75, 3.05) is 11.9 Å². The molecular formula is C17H14N4O5. The van der Waals surface area contributed by atoms with Gasteiger partial charge in [-0.15, -0.1) is 5.10 Å². The van der Waals surface area contributed by atoms with Gasteiger partial charge in [-0.3, -0.25) is 9.59 Å². The molecule has 2 N–H and O–H groups in total. The number of amides is 1. The van der Waals surface area contributed by atoms with Gasteiger partial charge in [-0.2, -0.15) is 0 Å². The Morgan fingerprint density at radius 1 is 1.35 bits per heavy atom. The SMILES string of the molecule is Cc1ccc(-c2nc(-c3ccc4c(c3)OCC(=O)N4)n(CC(=O)O)n2)o1. The molecule has 4 rings (SSSR count). The summed E-state index contributed by atoms with van der Waals surface area (Å²) < 4.78 is 12.2. The number of nitrogens with zero attached hydrogens (tertiary/aromatic N) is 3. The number of carbonyl (C=O) groups excluding carboxylic acids is 1. The van der Waals surface area contributed by atoms with Crippen LogP contribution in [0.1, 0.15) is 5.76 Å². The van der Waals surface area contributed by atoms with Gasteiger partial charge in [0.1, 0.15) is 18.1 Å². The first-order chi connectivity index (χ1) is 12.5. The van der Waals surface area contributed by atoms with Crippen molar-refractivity contribution < 1.29 is 23.8 Å². The molecule has 0 saturated carbocycles. The second-order valence-corrected chi connectivity index (χ2v) is 5.77. The molecule has 0 atom stereocenters. The van der Waals surface area contributed by atoms with Gasteiger partial charge in [0.15, 0.2) is 18.2 Å². The third-order valence-corrected chi connectivity index (χ3v) is 3.79. The van der Waals surface area contributed by atoms with E-state index >= 15 is 0 Å². The fraction of sp³-hybridized carbons (Fsp3) is 0.176. The fourth-order valence-electron chi connectivity index (χ4n) is 2.67. The minimum Gasteiger partial charge on any atom is -0.482 e. The zero-order valence-electron chi connectivity index (χ0n) is 13.7. The molecule has 26 heavy (non-hydrogen) atoms. The second kappa shape index (κ2) is 6.03. The summed E-state index contributed by atoms with van der Waals surface area (Å²) in [4.78, 5) is 27.0. The van der Waals surface area contributed by atoms with E-state index in [4.69, 9.17) is 14.3 Å². The predicted octanol–water partition coefficient (Wildman–Crippen LogP) is 1.93. The molecule has 3 aromatic rings. The Bertz CT molecular complexity index is 1020. The number of ether oxygens (including phenoxy) is 1. The van der Waals surface area contributed by atoms with Crippen LogP contribution in [0.5, 0.6) is 5.75 Å². The van der Waals surface area contributed by atoms with Gasteiger partial charge in [0.05, 0.1) is 5.69 Å². The summed E-state index contributed by atoms with van der Waals surface area (Å²) in [6.45, 7) is 1.37. The van der Waals surface area contributed by atoms with Crippen LogP contribution < -0.4 is 10.1 Å². The van der Waals surface area contributed by atoms with Crippen molar-refractivity contribution in [3.63, 3.8) is 0 Å². The Morgan fingerprint density at radius 2 is 2.19 bits per heavy atom. The number of fused-ring (bicyclic) bond motifs is 1. The molecule has 1 amide bonds. The van der Waals surface area contributed by atoms with E-state index in [2.05, 4.69) is 15.4 Å². The summed E-state index contributed by atoms with van der Waals surface area (Å²) in [7, 11) is 0. The highest BCUT2D eigenvalue weighted by atomic mass is 16.5. The van der Waals surface area contributed by atoms with Crippen molar-refractivity contribution in [1.82, 2.24) is 14.8 Å². The molecule has 2 aromatic heterocycles. The highest BCUT2D eigenvalue weighted by Crippen LogP contribution is 2.33. The van der Waals surface area contributed by atoms with Crippen LogP contribution in [-0.2, 0) is 16.1 Å². The predicted molar refractivity (Wildman–Crippen MR) is 89.7 cm³/mol. The molecule has 132 valence electrons. The smallest absolute Gasteiger partial charge is 0.325 e. The number of carbonyl (C=O) groups is 2. The molecule has 0 bridgehead atoms. The second-order valence-electron chi connectivity index (χ2n) is 5.77. The number of rotatable bonds is 4. The lowest BCUT2D eigenvalue weighted by Crippen LogP contribution is -2.25. The number of anilines is 1. The first-order valence-electron chi connectivity index (χ1n) is 7.80. The number of nitrogens with one attached hydrogen (secondary N) is 1. The van der Waals surface area contributed by atoms with Gasteiger partial charge in [0.25, 0.3) is 5.91 Å². The number of carboxylic acids is 1. The van der Waals surface area contributed by atoms with Crippen LogP contribution in [0.25, 0.3) is 23.0 Å². The first kappa shape index (κ1) is 15.9. The molecule has 0 unspecified atom stereocenters. The summed E-state index contributed by atoms with van der Waals surface area (Å²) >= 11 is 0. The molecule has 1 aliphatic rings. The number of hydrogen-bond donors (Lipinski definition) is 2. The third-order valence-electron chi connectivity index (χ3n) is 3.79. The van der Waals surface area contributed by atoms with Crippen molar-refractivity contribution in [2.45, 2.75) is 13.5 Å². The molecule has 1 aromatic carbocycles. The van der Waals surface area contributed by atoms with Crippen LogP contribution in [0.15, 0.2) is 34.7 Å². The van der Waals surface area contributed by atoms with Crippen LogP contribution in [-0.4, -0.2) is 38.4 Å². The van der Waals surface area contributed by atoms with Gasteiger partial charge < -0.3 is 19.6 Å². The lowest BCUT2D eigenvalue weighted by Gasteiger charge is -2.18. The fourth-order valence-corrected chi connectivity index (χ4v) is 2.67. The Kier molecular flexibility index (Phi) is 3.68. The van der Waals surface area contributed by atoms with Gasteiger partial charge in [0.2, 0.25) is 5.82 Å². The van der Waals surface area contributed by atoms with E-state index in [0.29, 0.717) is 40.2 Å². The topological polar surface area (TPSA) is 119 Å². The van der Waals surface area contributed by atoms with E-state index < -0.39 is 5.97 Å². The lowest BCUT2D eigenvalue weighted by molar-refractivity contribution is -0.137. The lowest BCUT2D eigenvalue weighted by atomic mass is 10.1. The number of carboxylic acid groups (broad SMARTS) is 1. The number of hydrogen-bond acceptors (Lipinski definition) is 6. The largest absolute Gasteiger partial charge is 0.482 e. The minimum absolute atomic E-state index is 0.0742. The molecule has 0 fully saturated rings. The minimum atomic E-state index is -1.04. The van der Waals surface area contributed by atoms with Crippen molar-refractivity contribution >= 4 is 17.6 Å². The van der Waals surface area contributed by atoms with E-state index in [1.807, 2.05) is 0 Å². The molecule has 0 aliphatic carbocycles. The van der Waals surface area contributed by atoms with Crippen LogP contribution in [0.2, 0.25) is 0 Å². The van der Waals surface area contributed by atoms with Gasteiger partial charge >= 0.3 is 5.97 Å². The number of furan rings is 1. The maximum absolute atomic E-state index is 11.4. The summed E-state index contributed by atoms with van der Waals surface area (Å²) in [5.41, 5.74) is 1.17. The Balaban J connectivity index is 1.78. The standard InChI is InChI=1S/C17H14N4O5/c1-9-2-5-12(26-9)16-19-17(21(20-16)7-15(23)24)10-3-4-11-13(6-10)25-8-14(22)18-11/h2-6H,7-8H2,1H3,(H,18,22)(H,23,24). The third kappa shape index (κ3) is 2.90. The van der Waals surface area contributed by atoms with Crippen LogP contribution >= 0.6 is 0 Å². The highest BCUT2D eigenvalue weighted by molar-refractivity contribution is 5.95. The van der Waals surface area contributed by atoms with Gasteiger partial charge in [-0.05, 0) is 37.3 Å². The number of aromatic nitrogens is 3. The molecule has 0 saturated heterocycles. The van der Waals surface area contributed by atoms with E-state index in [-0.39, 0.29) is 19.1 Å². The highest BCUT2D eigenvalue weighted by Gasteiger charge is 2.21. The number of aryl methyl sites for hydroxylation is 1. The summed E-state index contributed by atoms with van der Waals surface area (Å²) in [6.07, 6.45) is 0. The van der Waals surface area contributed by atoms with Crippen LogP contribution in [0, 0.1) is 6.92 Å². The molecule has 1 aliphatic heterocycles. The van der Waals surface area contributed by atoms with Gasteiger partial charge in [0, 0.05) is 5.56 Å². The zero-order chi connectivity index (χ0) is 18.3. The van der Waals surface area contributed by atoms with Crippen LogP contribution in [0.4, 0.5) is 5.69 Å². The van der Waals surface area contributed by atoms with Crippen molar-refractivity contribution in [3.05, 3.63) is 36.1 Å². The van der Waals surface area contributed by atoms with E-state index in [1.54, 1.807) is 37.3 Å². The van der Waals surface area contributed by atoms with E-state index in [9.17, 15) is 9.59 Å². The summed E-state index contributed by atoms with van der Waals surface area (Å²) in [6, 6.07) is 8.59. The normalized spacial score (nSPS) is 13.0. The molecule has 0 radical (unpaired) electrons. The number of benzene rings is 1. The van der Waals surface area contributed by atoms with Gasteiger partial charge in [-0.25, -0.2) is 9.67 Å². The quantitative estimate of drug-likeness (QED) is 0.734. The van der Waals surface area contributed by atoms with E-state index in [0.717, 1.165) is 0 Å². The van der Waals surface area contributed by atoms with Crippen molar-refractivity contribution in [2.24, 2.45) is 0 Å². The van der Waals surface area contributed by atoms with Crippen molar-refractivity contribution in [3.8, 4) is 28.7 Å². The molecule has 0 spiro atoms. The zero-order valence-corrected chi connectivity index (χ0v) is 13.7. The molecule has 9 nitrogen and oxygen atoms in total. The monoisotopic (exact) mass is 354 g/mol. The number of aliphatic carboxylic acids is 1. The summed E-state index contributed by atoms with van der Waals surface area (Å²) in [5.74, 6) is 1.03. The molecule has 9 heteroatoms. The molecular weight excluding hydrogens is 340 g/mol. The molecule has 3 heterocycles. The van der Waals surface area contributed by atoms with Crippen LogP contribution in [0.3, 0.4) is 0 Å².